The molecule has 154 valence electrons. The molecule has 0 aliphatic carbocycles. The molecule has 0 saturated carbocycles. The number of hydrogen-bond donors (Lipinski definition) is 4. The molecule has 6 nitrogen and oxygen atoms in total. The zero-order valence-electron chi connectivity index (χ0n) is 16.4. The van der Waals surface area contributed by atoms with Gasteiger partial charge in [0.05, 0.1) is 5.92 Å². The fraction of sp³-hybridized carbons (Fsp3) is 0.364. The van der Waals surface area contributed by atoms with Gasteiger partial charge in [-0.15, -0.1) is 0 Å². The van der Waals surface area contributed by atoms with Gasteiger partial charge in [0.15, 0.2) is 6.54 Å². The predicted molar refractivity (Wildman–Crippen MR) is 115 cm³/mol. The first-order valence-corrected chi connectivity index (χ1v) is 10.4. The van der Waals surface area contributed by atoms with Gasteiger partial charge < -0.3 is 16.0 Å². The number of nitrogens with zero attached hydrogens (tertiary/aromatic N) is 1. The second-order valence-electron chi connectivity index (χ2n) is 7.17. The highest BCUT2D eigenvalue weighted by Gasteiger charge is 2.29. The van der Waals surface area contributed by atoms with Crippen molar-refractivity contribution in [1.29, 1.82) is 0 Å². The second-order valence-corrected chi connectivity index (χ2v) is 7.60. The summed E-state index contributed by atoms with van der Waals surface area (Å²) < 4.78 is 1.25. The SMILES string of the molecule is O=C(CC(C1=[N+](O)CCC=C1)c1ccc(Cl)cc1)NCCCCC1=CNC=CN1. The maximum absolute atomic E-state index is 12.6. The Hall–Kier alpha value is -2.73. The molecular formula is C22H28ClN4O2+. The minimum absolute atomic E-state index is 0.0237. The van der Waals surface area contributed by atoms with Crippen molar-refractivity contribution in [3.8, 4) is 0 Å². The fourth-order valence-corrected chi connectivity index (χ4v) is 3.58. The number of benzene rings is 1. The van der Waals surface area contributed by atoms with E-state index in [1.165, 1.54) is 4.74 Å². The predicted octanol–water partition coefficient (Wildman–Crippen LogP) is 3.41. The summed E-state index contributed by atoms with van der Waals surface area (Å²) in [7, 11) is 0. The van der Waals surface area contributed by atoms with Crippen molar-refractivity contribution >= 4 is 23.2 Å². The zero-order chi connectivity index (χ0) is 20.5. The van der Waals surface area contributed by atoms with E-state index in [9.17, 15) is 10.0 Å². The van der Waals surface area contributed by atoms with Crippen molar-refractivity contribution in [1.82, 2.24) is 16.0 Å². The molecule has 2 aliphatic rings. The standard InChI is InChI=1S/C22H27ClN4O2/c23-18-9-7-17(8-10-18)20(21-6-2-4-14-27(21)29)15-22(28)26-11-3-1-5-19-16-24-12-13-25-19/h2,6-10,12-13,16,20,24-25H,1,3-5,11,14-15H2,(H-,26,28,29)/p+1. The van der Waals surface area contributed by atoms with Crippen molar-refractivity contribution in [3.63, 3.8) is 0 Å². The minimum Gasteiger partial charge on any atom is -0.365 e. The molecule has 1 unspecified atom stereocenters. The molecule has 0 spiro atoms. The Bertz CT molecular complexity index is 828. The molecule has 0 saturated heterocycles. The van der Waals surface area contributed by atoms with E-state index in [-0.39, 0.29) is 18.2 Å². The lowest BCUT2D eigenvalue weighted by atomic mass is 9.89. The molecule has 4 N–H and O–H groups in total. The van der Waals surface area contributed by atoms with Crippen LogP contribution in [0.2, 0.25) is 5.02 Å². The summed E-state index contributed by atoms with van der Waals surface area (Å²) in [5.41, 5.74) is 2.84. The van der Waals surface area contributed by atoms with Crippen molar-refractivity contribution in [3.05, 3.63) is 71.3 Å². The van der Waals surface area contributed by atoms with Crippen LogP contribution in [0, 0.1) is 0 Å². The van der Waals surface area contributed by atoms with Crippen molar-refractivity contribution in [2.75, 3.05) is 13.1 Å². The van der Waals surface area contributed by atoms with Crippen LogP contribution in [0.15, 0.2) is 60.7 Å². The van der Waals surface area contributed by atoms with E-state index in [1.54, 1.807) is 0 Å². The fourth-order valence-electron chi connectivity index (χ4n) is 3.46. The molecule has 2 aliphatic heterocycles. The molecule has 1 amide bonds. The van der Waals surface area contributed by atoms with Crippen molar-refractivity contribution < 1.29 is 14.7 Å². The van der Waals surface area contributed by atoms with Crippen LogP contribution in [-0.4, -0.2) is 34.7 Å². The molecule has 0 bridgehead atoms. The summed E-state index contributed by atoms with van der Waals surface area (Å²) in [6, 6.07) is 7.46. The number of nitrogens with one attached hydrogen (secondary N) is 3. The van der Waals surface area contributed by atoms with Crippen LogP contribution >= 0.6 is 11.6 Å². The quantitative estimate of drug-likeness (QED) is 0.283. The number of hydrogen-bond acceptors (Lipinski definition) is 4. The van der Waals surface area contributed by atoms with E-state index in [0.717, 1.165) is 42.7 Å². The van der Waals surface area contributed by atoms with Gasteiger partial charge in [0.25, 0.3) is 0 Å². The van der Waals surface area contributed by atoms with Crippen LogP contribution in [-0.2, 0) is 4.79 Å². The normalized spacial score (nSPS) is 16.7. The average Bonchev–Trinajstić information content (AvgIpc) is 2.74. The third-order valence-electron chi connectivity index (χ3n) is 5.01. The molecule has 0 aromatic heterocycles. The van der Waals surface area contributed by atoms with Crippen LogP contribution in [0.4, 0.5) is 0 Å². The largest absolute Gasteiger partial charge is 0.365 e. The summed E-state index contributed by atoms with van der Waals surface area (Å²) in [6.07, 6.45) is 13.5. The van der Waals surface area contributed by atoms with Crippen LogP contribution in [0.5, 0.6) is 0 Å². The molecule has 7 heteroatoms. The number of carbonyl (C=O) groups excluding carboxylic acids is 1. The Morgan fingerprint density at radius 3 is 2.79 bits per heavy atom. The third-order valence-corrected chi connectivity index (χ3v) is 5.27. The summed E-state index contributed by atoms with van der Waals surface area (Å²) in [6.45, 7) is 1.17. The van der Waals surface area contributed by atoms with E-state index in [1.807, 2.05) is 55.0 Å². The van der Waals surface area contributed by atoms with Crippen LogP contribution in [0.25, 0.3) is 0 Å². The highest BCUT2D eigenvalue weighted by atomic mass is 35.5. The van der Waals surface area contributed by atoms with Gasteiger partial charge in [0, 0.05) is 54.8 Å². The average molecular weight is 416 g/mol. The summed E-state index contributed by atoms with van der Waals surface area (Å²) in [5, 5.41) is 20.2. The number of unbranched alkanes of at least 4 members (excludes halogenated alkanes) is 1. The van der Waals surface area contributed by atoms with Gasteiger partial charge in [-0.1, -0.05) is 29.8 Å². The lowest BCUT2D eigenvalue weighted by Gasteiger charge is -2.17. The molecule has 0 fully saturated rings. The maximum Gasteiger partial charge on any atom is 0.234 e. The van der Waals surface area contributed by atoms with E-state index < -0.39 is 0 Å². The van der Waals surface area contributed by atoms with Crippen LogP contribution < -0.4 is 16.0 Å². The zero-order valence-corrected chi connectivity index (χ0v) is 17.2. The number of carbonyl (C=O) groups is 1. The highest BCUT2D eigenvalue weighted by molar-refractivity contribution is 6.30. The second kappa shape index (κ2) is 10.7. The van der Waals surface area contributed by atoms with Gasteiger partial charge in [-0.25, -0.2) is 0 Å². The third kappa shape index (κ3) is 6.39. The summed E-state index contributed by atoms with van der Waals surface area (Å²) in [4.78, 5) is 12.6. The summed E-state index contributed by atoms with van der Waals surface area (Å²) in [5.74, 6) is -0.243. The molecule has 1 aromatic rings. The number of hydroxylamine groups is 1. The van der Waals surface area contributed by atoms with Gasteiger partial charge in [-0.05, 0) is 41.7 Å². The molecule has 2 heterocycles. The molecule has 1 aromatic carbocycles. The molecule has 1 atom stereocenters. The maximum atomic E-state index is 12.6. The number of amides is 1. The van der Waals surface area contributed by atoms with Gasteiger partial charge in [0.1, 0.15) is 0 Å². The highest BCUT2D eigenvalue weighted by Crippen LogP contribution is 2.25. The molecule has 29 heavy (non-hydrogen) atoms. The Balaban J connectivity index is 1.53. The van der Waals surface area contributed by atoms with Crippen LogP contribution in [0.1, 0.15) is 43.6 Å². The number of rotatable bonds is 9. The lowest BCUT2D eigenvalue weighted by Crippen LogP contribution is -2.32. The van der Waals surface area contributed by atoms with Gasteiger partial charge in [-0.3, -0.25) is 10.0 Å². The first-order chi connectivity index (χ1) is 14.1. The van der Waals surface area contributed by atoms with Crippen LogP contribution in [0.3, 0.4) is 0 Å². The minimum atomic E-state index is -0.219. The van der Waals surface area contributed by atoms with Gasteiger partial charge in [-0.2, -0.15) is 0 Å². The lowest BCUT2D eigenvalue weighted by molar-refractivity contribution is -0.775. The Morgan fingerprint density at radius 2 is 2.07 bits per heavy atom. The number of allylic oxidation sites excluding steroid dienone is 2. The van der Waals surface area contributed by atoms with Gasteiger partial charge >= 0.3 is 0 Å². The monoisotopic (exact) mass is 415 g/mol. The molecular weight excluding hydrogens is 388 g/mol. The van der Waals surface area contributed by atoms with E-state index in [2.05, 4.69) is 16.0 Å². The van der Waals surface area contributed by atoms with Crippen molar-refractivity contribution in [2.45, 2.75) is 38.0 Å². The Morgan fingerprint density at radius 1 is 1.24 bits per heavy atom. The van der Waals surface area contributed by atoms with E-state index in [4.69, 9.17) is 11.6 Å². The number of halogens is 1. The molecule has 3 rings (SSSR count). The Kier molecular flexibility index (Phi) is 7.76. The smallest absolute Gasteiger partial charge is 0.234 e. The van der Waals surface area contributed by atoms with Crippen molar-refractivity contribution in [2.24, 2.45) is 0 Å². The Labute approximate surface area is 176 Å². The summed E-state index contributed by atoms with van der Waals surface area (Å²) >= 11 is 6.01. The van der Waals surface area contributed by atoms with E-state index >= 15 is 0 Å². The van der Waals surface area contributed by atoms with E-state index in [0.29, 0.717) is 18.1 Å². The molecule has 0 radical (unpaired) electrons. The first-order valence-electron chi connectivity index (χ1n) is 10.0. The first kappa shape index (κ1) is 21.0. The van der Waals surface area contributed by atoms with Gasteiger partial charge in [0.2, 0.25) is 11.6 Å². The topological polar surface area (TPSA) is 76.4 Å².